The second-order valence-electron chi connectivity index (χ2n) is 6.12. The minimum Gasteiger partial charge on any atom is -0.404 e. The molecule has 0 aliphatic carbocycles. The summed E-state index contributed by atoms with van der Waals surface area (Å²) in [4.78, 5) is 4.26. The summed E-state index contributed by atoms with van der Waals surface area (Å²) in [6.45, 7) is 0. The fraction of sp³-hybridized carbons (Fsp3) is 0.0500. The summed E-state index contributed by atoms with van der Waals surface area (Å²) in [6.07, 6.45) is -3.11. The molecule has 0 saturated carbocycles. The molecule has 0 spiro atoms. The average Bonchev–Trinajstić information content (AvgIpc) is 2.68. The quantitative estimate of drug-likeness (QED) is 0.353. The van der Waals surface area contributed by atoms with Crippen molar-refractivity contribution in [3.05, 3.63) is 64.9 Å². The van der Waals surface area contributed by atoms with Crippen LogP contribution < -0.4 is 11.5 Å². The Balaban J connectivity index is 2.39. The lowest BCUT2D eigenvalue weighted by Gasteiger charge is -2.16. The van der Waals surface area contributed by atoms with Crippen LogP contribution in [0.2, 0.25) is 5.02 Å². The molecule has 5 nitrogen and oxygen atoms in total. The Labute approximate surface area is 168 Å². The Morgan fingerprint density at radius 2 is 1.76 bits per heavy atom. The van der Waals surface area contributed by atoms with Gasteiger partial charge in [-0.3, -0.25) is 5.41 Å². The molecule has 0 saturated heterocycles. The van der Waals surface area contributed by atoms with E-state index in [0.717, 1.165) is 6.21 Å². The van der Waals surface area contributed by atoms with Crippen molar-refractivity contribution in [2.24, 2.45) is 5.73 Å². The van der Waals surface area contributed by atoms with Crippen LogP contribution in [0, 0.1) is 10.8 Å². The molecule has 1 heterocycles. The second-order valence-corrected chi connectivity index (χ2v) is 6.56. The molecule has 3 aromatic rings. The van der Waals surface area contributed by atoms with Crippen LogP contribution in [0.3, 0.4) is 0 Å². The zero-order valence-corrected chi connectivity index (χ0v) is 15.6. The third-order valence-electron chi connectivity index (χ3n) is 4.34. The van der Waals surface area contributed by atoms with Gasteiger partial charge in [0.2, 0.25) is 0 Å². The Bertz CT molecular complexity index is 1150. The molecule has 0 bridgehead atoms. The van der Waals surface area contributed by atoms with E-state index in [0.29, 0.717) is 44.5 Å². The molecule has 2 aromatic carbocycles. The maximum absolute atomic E-state index is 13.1. The van der Waals surface area contributed by atoms with Crippen molar-refractivity contribution < 1.29 is 13.2 Å². The van der Waals surface area contributed by atoms with Crippen molar-refractivity contribution in [1.29, 1.82) is 10.8 Å². The summed E-state index contributed by atoms with van der Waals surface area (Å²) in [5.41, 5.74) is 11.3. The smallest absolute Gasteiger partial charge is 0.404 e. The monoisotopic (exact) mass is 417 g/mol. The van der Waals surface area contributed by atoms with Crippen molar-refractivity contribution in [1.82, 2.24) is 4.98 Å². The van der Waals surface area contributed by atoms with Crippen LogP contribution in [0.15, 0.2) is 48.7 Å². The van der Waals surface area contributed by atoms with Gasteiger partial charge in [0.05, 0.1) is 11.2 Å². The van der Waals surface area contributed by atoms with Gasteiger partial charge in [0, 0.05) is 39.6 Å². The Hall–Kier alpha value is -3.39. The molecule has 0 unspecified atom stereocenters. The zero-order chi connectivity index (χ0) is 21.3. The molecule has 6 N–H and O–H groups in total. The van der Waals surface area contributed by atoms with Gasteiger partial charge in [0.15, 0.2) is 0 Å². The molecular weight excluding hydrogens is 403 g/mol. The molecule has 1 aromatic heterocycles. The molecule has 29 heavy (non-hydrogen) atoms. The third-order valence-corrected chi connectivity index (χ3v) is 4.60. The maximum Gasteiger partial charge on any atom is 0.433 e. The second kappa shape index (κ2) is 7.56. The number of halogens is 4. The highest BCUT2D eigenvalue weighted by Gasteiger charge is 2.37. The van der Waals surface area contributed by atoms with Gasteiger partial charge in [0.1, 0.15) is 5.71 Å². The van der Waals surface area contributed by atoms with E-state index in [-0.39, 0.29) is 5.69 Å². The van der Waals surface area contributed by atoms with E-state index in [1.165, 1.54) is 12.1 Å². The number of anilines is 1. The lowest BCUT2D eigenvalue weighted by molar-refractivity contribution is -0.0578. The number of nitrogens with two attached hydrogens (primary N) is 2. The number of fused-ring (bicyclic) bond motifs is 1. The minimum atomic E-state index is -4.89. The normalized spacial score (nSPS) is 12.2. The maximum atomic E-state index is 13.1. The molecule has 3 rings (SSSR count). The van der Waals surface area contributed by atoms with Crippen LogP contribution >= 0.6 is 11.6 Å². The van der Waals surface area contributed by atoms with Crippen LogP contribution in [0.5, 0.6) is 0 Å². The largest absolute Gasteiger partial charge is 0.433 e. The number of aromatic nitrogens is 1. The van der Waals surface area contributed by atoms with Crippen molar-refractivity contribution >= 4 is 45.7 Å². The molecule has 0 radical (unpaired) electrons. The van der Waals surface area contributed by atoms with Crippen molar-refractivity contribution in [2.45, 2.75) is 6.18 Å². The Morgan fingerprint density at radius 1 is 1.10 bits per heavy atom. The molecule has 148 valence electrons. The van der Waals surface area contributed by atoms with E-state index in [1.54, 1.807) is 30.3 Å². The van der Waals surface area contributed by atoms with E-state index in [9.17, 15) is 13.2 Å². The summed E-state index contributed by atoms with van der Waals surface area (Å²) in [6, 6.07) is 11.1. The van der Waals surface area contributed by atoms with E-state index >= 15 is 0 Å². The molecule has 0 amide bonds. The number of nitrogen functional groups attached to an aromatic ring is 1. The Morgan fingerprint density at radius 3 is 2.31 bits per heavy atom. The highest BCUT2D eigenvalue weighted by Crippen LogP contribution is 2.36. The molecule has 0 aliphatic rings. The first-order chi connectivity index (χ1) is 13.7. The average molecular weight is 418 g/mol. The first-order valence-corrected chi connectivity index (χ1v) is 8.63. The minimum absolute atomic E-state index is 0.118. The van der Waals surface area contributed by atoms with Crippen LogP contribution in [0.1, 0.15) is 11.3 Å². The van der Waals surface area contributed by atoms with Gasteiger partial charge in [-0.15, -0.1) is 0 Å². The highest BCUT2D eigenvalue weighted by atomic mass is 35.5. The number of hydrogen-bond acceptors (Lipinski definition) is 5. The fourth-order valence-electron chi connectivity index (χ4n) is 2.97. The summed E-state index contributed by atoms with van der Waals surface area (Å²) >= 11 is 5.95. The topological polar surface area (TPSA) is 113 Å². The Kier molecular flexibility index (Phi) is 5.30. The molecule has 9 heteroatoms. The third kappa shape index (κ3) is 3.79. The lowest BCUT2D eigenvalue weighted by atomic mass is 9.94. The first kappa shape index (κ1) is 20.3. The van der Waals surface area contributed by atoms with E-state index < -0.39 is 17.5 Å². The fourth-order valence-corrected chi connectivity index (χ4v) is 3.10. The SMILES string of the molecule is N=Cc1c(N)ccc2nc(/C(=C/N)C(=N)C(F)(F)F)cc(-c3ccc(Cl)cc3)c12. The van der Waals surface area contributed by atoms with Crippen LogP contribution in [-0.4, -0.2) is 23.1 Å². The van der Waals surface area contributed by atoms with Crippen LogP contribution in [0.25, 0.3) is 27.6 Å². The zero-order valence-electron chi connectivity index (χ0n) is 14.8. The van der Waals surface area contributed by atoms with Crippen LogP contribution in [-0.2, 0) is 0 Å². The number of rotatable bonds is 4. The summed E-state index contributed by atoms with van der Waals surface area (Å²) in [7, 11) is 0. The van der Waals surface area contributed by atoms with Gasteiger partial charge in [0.25, 0.3) is 0 Å². The van der Waals surface area contributed by atoms with Gasteiger partial charge in [-0.25, -0.2) is 4.98 Å². The number of hydrogen-bond donors (Lipinski definition) is 4. The standard InChI is InChI=1S/C20H15ClF3N5/c21-11-3-1-10(2-4-11)12-7-17(14(9-26)19(28)20(22,23)24)29-16-6-5-15(27)13(8-25)18(12)16/h1-9,25,28H,26-27H2/b14-9-,25-8?,28-19?. The van der Waals surface area contributed by atoms with Gasteiger partial charge in [-0.1, -0.05) is 23.7 Å². The lowest BCUT2D eigenvalue weighted by Crippen LogP contribution is -2.24. The van der Waals surface area contributed by atoms with Gasteiger partial charge >= 0.3 is 6.18 Å². The molecule has 0 atom stereocenters. The van der Waals surface area contributed by atoms with Crippen molar-refractivity contribution in [2.75, 3.05) is 5.73 Å². The molecule has 0 aliphatic heterocycles. The number of allylic oxidation sites excluding steroid dienone is 1. The summed E-state index contributed by atoms with van der Waals surface area (Å²) in [5.74, 6) is 0. The van der Waals surface area contributed by atoms with Gasteiger partial charge in [-0.2, -0.15) is 13.2 Å². The van der Waals surface area contributed by atoms with Gasteiger partial charge < -0.3 is 16.9 Å². The van der Waals surface area contributed by atoms with Gasteiger partial charge in [-0.05, 0) is 41.5 Å². The predicted octanol–water partition coefficient (Wildman–Crippen LogP) is 5.02. The number of benzene rings is 2. The number of alkyl halides is 3. The van der Waals surface area contributed by atoms with E-state index in [4.69, 9.17) is 33.9 Å². The number of nitrogens with one attached hydrogen (secondary N) is 2. The molecular formula is C20H15ClF3N5. The highest BCUT2D eigenvalue weighted by molar-refractivity contribution is 6.30. The van der Waals surface area contributed by atoms with Crippen molar-refractivity contribution in [3.63, 3.8) is 0 Å². The van der Waals surface area contributed by atoms with E-state index in [2.05, 4.69) is 4.98 Å². The first-order valence-electron chi connectivity index (χ1n) is 8.25. The summed E-state index contributed by atoms with van der Waals surface area (Å²) < 4.78 is 39.3. The van der Waals surface area contributed by atoms with E-state index in [1.807, 2.05) is 0 Å². The van der Waals surface area contributed by atoms with Crippen molar-refractivity contribution in [3.8, 4) is 11.1 Å². The van der Waals surface area contributed by atoms with Crippen LogP contribution in [0.4, 0.5) is 18.9 Å². The predicted molar refractivity (Wildman–Crippen MR) is 110 cm³/mol. The molecule has 0 fully saturated rings. The summed E-state index contributed by atoms with van der Waals surface area (Å²) in [5, 5.41) is 16.2. The number of nitrogens with zero attached hydrogens (tertiary/aromatic N) is 1. The number of pyridine rings is 1.